The second kappa shape index (κ2) is 8.60. The molecule has 1 fully saturated rings. The van der Waals surface area contributed by atoms with Crippen LogP contribution in [0.25, 0.3) is 27.1 Å². The van der Waals surface area contributed by atoms with Crippen LogP contribution in [0.2, 0.25) is 0 Å². The molecule has 1 heterocycles. The third kappa shape index (κ3) is 4.01. The predicted molar refractivity (Wildman–Crippen MR) is 114 cm³/mol. The summed E-state index contributed by atoms with van der Waals surface area (Å²) in [5.74, 6) is -1.81. The second-order valence-corrected chi connectivity index (χ2v) is 7.49. The topological polar surface area (TPSA) is 106 Å². The fourth-order valence-electron chi connectivity index (χ4n) is 4.17. The largest absolute Gasteiger partial charge is 0.460 e. The molecule has 0 bridgehead atoms. The molecule has 0 aromatic heterocycles. The lowest BCUT2D eigenvalue weighted by atomic mass is 9.88. The number of hydrogen-bond donors (Lipinski definition) is 0. The van der Waals surface area contributed by atoms with Crippen LogP contribution in [-0.2, 0) is 23.9 Å². The molecule has 0 spiro atoms. The number of ketones is 2. The van der Waals surface area contributed by atoms with Gasteiger partial charge >= 0.3 is 11.7 Å². The van der Waals surface area contributed by atoms with E-state index >= 15 is 0 Å². The van der Waals surface area contributed by atoms with E-state index in [2.05, 4.69) is 15.6 Å². The number of nitrogens with zero attached hydrogens (tertiary/aromatic N) is 2. The molecular weight excluding hydrogens is 396 g/mol. The lowest BCUT2D eigenvalue weighted by Gasteiger charge is -2.30. The first-order valence-electron chi connectivity index (χ1n) is 9.93. The van der Waals surface area contributed by atoms with E-state index in [9.17, 15) is 14.4 Å². The first-order valence-corrected chi connectivity index (χ1v) is 9.93. The summed E-state index contributed by atoms with van der Waals surface area (Å²) in [5.41, 5.74) is 9.20. The molecule has 0 radical (unpaired) electrons. The summed E-state index contributed by atoms with van der Waals surface area (Å²) >= 11 is 0. The predicted octanol–water partition coefficient (Wildman–Crippen LogP) is 3.59. The molecule has 7 nitrogen and oxygen atoms in total. The van der Waals surface area contributed by atoms with E-state index in [0.29, 0.717) is 0 Å². The molecule has 156 valence electrons. The van der Waals surface area contributed by atoms with Gasteiger partial charge in [-0.2, -0.15) is 4.79 Å². The number of esters is 1. The van der Waals surface area contributed by atoms with Crippen LogP contribution in [-0.4, -0.2) is 41.3 Å². The number of fused-ring (bicyclic) bond motifs is 2. The van der Waals surface area contributed by atoms with Gasteiger partial charge in [0.25, 0.3) is 5.78 Å². The fourth-order valence-corrected chi connectivity index (χ4v) is 4.17. The van der Waals surface area contributed by atoms with Crippen LogP contribution in [0.4, 0.5) is 0 Å². The van der Waals surface area contributed by atoms with Crippen LogP contribution in [0.1, 0.15) is 30.9 Å². The number of hydrogen-bond acceptors (Lipinski definition) is 5. The summed E-state index contributed by atoms with van der Waals surface area (Å²) in [5, 5.41) is 4.04. The maximum atomic E-state index is 12.6. The van der Waals surface area contributed by atoms with Crippen molar-refractivity contribution in [2.24, 2.45) is 0 Å². The van der Waals surface area contributed by atoms with Gasteiger partial charge in [0.15, 0.2) is 0 Å². The Bertz CT molecular complexity index is 1210. The Labute approximate surface area is 178 Å². The number of methoxy groups -OCH3 is 1. The number of carbonyl (C=O) groups is 3. The highest BCUT2D eigenvalue weighted by Crippen LogP contribution is 2.39. The van der Waals surface area contributed by atoms with Crippen LogP contribution in [0, 0.1) is 0 Å². The van der Waals surface area contributed by atoms with Crippen molar-refractivity contribution in [3.63, 3.8) is 0 Å². The van der Waals surface area contributed by atoms with E-state index in [1.165, 1.54) is 0 Å². The molecule has 0 N–H and O–H groups in total. The summed E-state index contributed by atoms with van der Waals surface area (Å²) in [6.45, 7) is 0. The number of benzene rings is 3. The Morgan fingerprint density at radius 3 is 2.26 bits per heavy atom. The number of Topliss-reactive ketones (excluding diaryl/α,β-unsaturated/α-hetero) is 2. The average molecular weight is 416 g/mol. The van der Waals surface area contributed by atoms with Crippen LogP contribution < -0.4 is 0 Å². The first kappa shape index (κ1) is 20.6. The van der Waals surface area contributed by atoms with E-state index in [4.69, 9.17) is 10.3 Å². The maximum absolute atomic E-state index is 12.6. The van der Waals surface area contributed by atoms with Crippen molar-refractivity contribution in [2.75, 3.05) is 7.11 Å². The van der Waals surface area contributed by atoms with Crippen molar-refractivity contribution in [3.8, 4) is 0 Å². The Kier molecular flexibility index (Phi) is 5.71. The molecule has 4 rings (SSSR count). The quantitative estimate of drug-likeness (QED) is 0.158. The minimum Gasteiger partial charge on any atom is -0.460 e. The zero-order valence-corrected chi connectivity index (χ0v) is 16.9. The van der Waals surface area contributed by atoms with Crippen LogP contribution in [0.15, 0.2) is 54.6 Å². The van der Waals surface area contributed by atoms with Gasteiger partial charge in [-0.05, 0) is 33.2 Å². The van der Waals surface area contributed by atoms with Gasteiger partial charge in [-0.3, -0.25) is 9.59 Å². The van der Waals surface area contributed by atoms with Gasteiger partial charge in [-0.15, -0.1) is 0 Å². The van der Waals surface area contributed by atoms with Crippen molar-refractivity contribution in [3.05, 3.63) is 65.7 Å². The maximum Gasteiger partial charge on any atom is 0.441 e. The van der Waals surface area contributed by atoms with Crippen molar-refractivity contribution >= 4 is 44.8 Å². The minimum absolute atomic E-state index is 0.0355. The fraction of sp³-hybridized carbons (Fsp3) is 0.250. The number of rotatable bonds is 5. The summed E-state index contributed by atoms with van der Waals surface area (Å²) in [4.78, 5) is 39.4. The molecule has 1 aliphatic heterocycles. The Morgan fingerprint density at radius 2 is 1.68 bits per heavy atom. The van der Waals surface area contributed by atoms with Gasteiger partial charge in [0.2, 0.25) is 0 Å². The van der Waals surface area contributed by atoms with Gasteiger partial charge in [-0.1, -0.05) is 48.5 Å². The van der Waals surface area contributed by atoms with E-state index in [1.807, 2.05) is 48.5 Å². The van der Waals surface area contributed by atoms with Gasteiger partial charge < -0.3 is 15.0 Å². The van der Waals surface area contributed by atoms with Crippen LogP contribution in [0.3, 0.4) is 0 Å². The van der Waals surface area contributed by atoms with Gasteiger partial charge in [0, 0.05) is 19.3 Å². The molecule has 0 aliphatic carbocycles. The molecule has 0 saturated carbocycles. The Morgan fingerprint density at radius 1 is 1.06 bits per heavy atom. The third-order valence-corrected chi connectivity index (χ3v) is 5.52. The summed E-state index contributed by atoms with van der Waals surface area (Å²) in [7, 11) is 1.09. The minimum atomic E-state index is -1.04. The zero-order chi connectivity index (χ0) is 22.0. The third-order valence-electron chi connectivity index (χ3n) is 5.52. The molecule has 0 unspecified atom stereocenters. The second-order valence-electron chi connectivity index (χ2n) is 7.49. The Balaban J connectivity index is 1.71. The molecule has 2 atom stereocenters. The molecule has 31 heavy (non-hydrogen) atoms. The normalized spacial score (nSPS) is 18.5. The van der Waals surface area contributed by atoms with Crippen LogP contribution in [0.5, 0.6) is 0 Å². The van der Waals surface area contributed by atoms with E-state index in [0.717, 1.165) is 34.2 Å². The van der Waals surface area contributed by atoms with E-state index < -0.39 is 29.7 Å². The van der Waals surface area contributed by atoms with E-state index in [-0.39, 0.29) is 25.0 Å². The lowest BCUT2D eigenvalue weighted by Crippen LogP contribution is -2.34. The van der Waals surface area contributed by atoms with Gasteiger partial charge in [0.1, 0.15) is 5.78 Å². The van der Waals surface area contributed by atoms with Crippen molar-refractivity contribution < 1.29 is 28.6 Å². The van der Waals surface area contributed by atoms with Gasteiger partial charge in [-0.25, -0.2) is 4.79 Å². The Hall–Kier alpha value is -3.67. The standard InChI is InChI=1S/C24H20N2O5/c1-30-24(29)23(26-25)20(28)13-17-11-16(27)12-21(31-17)22-18-8-4-2-6-14(18)10-15-7-3-5-9-19(15)22/h2-10,17,21H,11-13H2,1H3/t17-,21-/m1/s1. The molecular formula is C24H20N2O5. The van der Waals surface area contributed by atoms with E-state index in [1.54, 1.807) is 0 Å². The summed E-state index contributed by atoms with van der Waals surface area (Å²) in [6.07, 6.45) is -1.30. The lowest BCUT2D eigenvalue weighted by molar-refractivity contribution is -0.141. The molecule has 1 aliphatic rings. The molecule has 0 amide bonds. The van der Waals surface area contributed by atoms with Crippen molar-refractivity contribution in [2.45, 2.75) is 31.5 Å². The van der Waals surface area contributed by atoms with Crippen LogP contribution >= 0.6 is 0 Å². The first-order chi connectivity index (χ1) is 15.0. The van der Waals surface area contributed by atoms with Crippen molar-refractivity contribution in [1.82, 2.24) is 0 Å². The summed E-state index contributed by atoms with van der Waals surface area (Å²) in [6, 6.07) is 17.9. The highest BCUT2D eigenvalue weighted by Gasteiger charge is 2.37. The highest BCUT2D eigenvalue weighted by atomic mass is 16.5. The van der Waals surface area contributed by atoms with Gasteiger partial charge in [0.05, 0.1) is 19.3 Å². The highest BCUT2D eigenvalue weighted by molar-refractivity contribution is 6.62. The monoisotopic (exact) mass is 416 g/mol. The molecule has 3 aromatic rings. The number of carbonyl (C=O) groups excluding carboxylic acids is 3. The summed E-state index contributed by atoms with van der Waals surface area (Å²) < 4.78 is 10.7. The molecule has 1 saturated heterocycles. The number of ether oxygens (including phenoxy) is 2. The van der Waals surface area contributed by atoms with Crippen molar-refractivity contribution in [1.29, 1.82) is 0 Å². The molecule has 3 aromatic carbocycles. The molecule has 7 heteroatoms. The average Bonchev–Trinajstić information content (AvgIpc) is 2.77. The zero-order valence-electron chi connectivity index (χ0n) is 16.9. The smallest absolute Gasteiger partial charge is 0.441 e. The SMILES string of the molecule is COC(=O)C(=[N+]=[N-])C(=O)C[C@H]1CC(=O)C[C@H](c2c3ccccc3cc3ccccc23)O1.